The summed E-state index contributed by atoms with van der Waals surface area (Å²) in [6.45, 7) is 2.56. The predicted octanol–water partition coefficient (Wildman–Crippen LogP) is 2.60. The number of nitrogens with one attached hydrogen (secondary N) is 1. The van der Waals surface area contributed by atoms with Crippen molar-refractivity contribution in [2.24, 2.45) is 11.7 Å². The van der Waals surface area contributed by atoms with Crippen molar-refractivity contribution in [3.8, 4) is 22.5 Å². The number of aromatic nitrogens is 3. The maximum absolute atomic E-state index is 13.4. The summed E-state index contributed by atoms with van der Waals surface area (Å²) in [5.41, 5.74) is 8.22. The number of imidazole rings is 1. The van der Waals surface area contributed by atoms with Crippen molar-refractivity contribution in [3.63, 3.8) is 0 Å². The molecule has 1 aliphatic rings. The van der Waals surface area contributed by atoms with Crippen LogP contribution in [0.4, 0.5) is 4.39 Å². The monoisotopic (exact) mass is 382 g/mol. The Morgan fingerprint density at radius 2 is 1.79 bits per heavy atom. The van der Waals surface area contributed by atoms with Gasteiger partial charge in [0, 0.05) is 29.4 Å². The summed E-state index contributed by atoms with van der Waals surface area (Å²) < 4.78 is 24.8. The molecule has 0 saturated carbocycles. The fourth-order valence-corrected chi connectivity index (χ4v) is 3.08. The van der Waals surface area contributed by atoms with Gasteiger partial charge in [-0.25, -0.2) is 9.37 Å². The van der Waals surface area contributed by atoms with Crippen molar-refractivity contribution in [2.75, 3.05) is 13.2 Å². The second-order valence-corrected chi connectivity index (χ2v) is 6.76. The molecule has 2 aromatic heterocycles. The molecule has 0 spiro atoms. The van der Waals surface area contributed by atoms with Gasteiger partial charge in [-0.05, 0) is 36.4 Å². The van der Waals surface area contributed by atoms with Crippen LogP contribution in [0.1, 0.15) is 12.7 Å². The van der Waals surface area contributed by atoms with E-state index in [9.17, 15) is 9.18 Å². The molecule has 0 unspecified atom stereocenters. The van der Waals surface area contributed by atoms with Gasteiger partial charge in [0.1, 0.15) is 5.82 Å². The van der Waals surface area contributed by atoms with E-state index in [1.54, 1.807) is 36.7 Å². The van der Waals surface area contributed by atoms with Crippen molar-refractivity contribution in [2.45, 2.75) is 12.7 Å². The largest absolute Gasteiger partial charge is 0.365 e. The molecule has 1 aromatic carbocycles. The van der Waals surface area contributed by atoms with Crippen molar-refractivity contribution in [3.05, 3.63) is 60.4 Å². The lowest BCUT2D eigenvalue weighted by atomic mass is 10.1. The molecule has 8 heteroatoms. The van der Waals surface area contributed by atoms with Gasteiger partial charge >= 0.3 is 5.79 Å². The maximum atomic E-state index is 13.4. The summed E-state index contributed by atoms with van der Waals surface area (Å²) in [4.78, 5) is 24.0. The van der Waals surface area contributed by atoms with E-state index in [0.29, 0.717) is 30.2 Å². The molecule has 4 rings (SSSR count). The number of hydrogen-bond donors (Lipinski definition) is 2. The number of nitrogens with two attached hydrogens (primary N) is 1. The highest BCUT2D eigenvalue weighted by Gasteiger charge is 2.48. The van der Waals surface area contributed by atoms with Gasteiger partial charge in [-0.15, -0.1) is 0 Å². The third-order valence-electron chi connectivity index (χ3n) is 4.57. The molecule has 1 amide bonds. The van der Waals surface area contributed by atoms with Crippen LogP contribution in [-0.2, 0) is 20.1 Å². The van der Waals surface area contributed by atoms with Crippen LogP contribution in [0.5, 0.6) is 0 Å². The average Bonchev–Trinajstić information content (AvgIpc) is 3.15. The number of primary amides is 1. The first-order valence-electron chi connectivity index (χ1n) is 8.84. The molecule has 144 valence electrons. The summed E-state index contributed by atoms with van der Waals surface area (Å²) in [5.74, 6) is -2.67. The van der Waals surface area contributed by atoms with Crippen molar-refractivity contribution >= 4 is 5.91 Å². The molecule has 3 N–H and O–H groups in total. The zero-order valence-corrected chi connectivity index (χ0v) is 15.2. The Hall–Kier alpha value is -3.10. The van der Waals surface area contributed by atoms with Crippen LogP contribution in [0.2, 0.25) is 0 Å². The lowest BCUT2D eigenvalue weighted by Gasteiger charge is -2.35. The zero-order chi connectivity index (χ0) is 19.7. The van der Waals surface area contributed by atoms with Crippen molar-refractivity contribution in [1.82, 2.24) is 15.0 Å². The van der Waals surface area contributed by atoms with Gasteiger partial charge in [-0.3, -0.25) is 9.78 Å². The Labute approximate surface area is 160 Å². The van der Waals surface area contributed by atoms with Gasteiger partial charge in [-0.2, -0.15) is 0 Å². The summed E-state index contributed by atoms with van der Waals surface area (Å²) in [7, 11) is 0. The summed E-state index contributed by atoms with van der Waals surface area (Å²) >= 11 is 0. The van der Waals surface area contributed by atoms with E-state index < -0.39 is 11.7 Å². The normalized spacial score (nSPS) is 22.1. The summed E-state index contributed by atoms with van der Waals surface area (Å²) in [6, 6.07) is 9.51. The number of carbonyl (C=O) groups excluding carboxylic acids is 1. The first-order valence-corrected chi connectivity index (χ1v) is 8.84. The van der Waals surface area contributed by atoms with E-state index in [1.165, 1.54) is 12.1 Å². The Balaban J connectivity index is 1.87. The molecule has 0 radical (unpaired) electrons. The SMILES string of the molecule is CC1COC(C(N)=O)(c2nc(-c3ccc(F)cc3)c(-c3ccncc3)[nH]2)OC1. The van der Waals surface area contributed by atoms with Crippen LogP contribution in [0.15, 0.2) is 48.8 Å². The lowest BCUT2D eigenvalue weighted by Crippen LogP contribution is -2.51. The Morgan fingerprint density at radius 3 is 2.39 bits per heavy atom. The van der Waals surface area contributed by atoms with E-state index in [4.69, 9.17) is 15.2 Å². The average molecular weight is 382 g/mol. The number of ether oxygens (including phenoxy) is 2. The van der Waals surface area contributed by atoms with Gasteiger partial charge in [-0.1, -0.05) is 6.92 Å². The van der Waals surface area contributed by atoms with E-state index in [1.807, 2.05) is 6.92 Å². The number of pyridine rings is 1. The number of benzene rings is 1. The van der Waals surface area contributed by atoms with Gasteiger partial charge in [0.05, 0.1) is 24.6 Å². The fraction of sp³-hybridized carbons (Fsp3) is 0.250. The number of rotatable bonds is 4. The van der Waals surface area contributed by atoms with Gasteiger partial charge in [0.15, 0.2) is 5.82 Å². The molecule has 0 atom stereocenters. The summed E-state index contributed by atoms with van der Waals surface area (Å²) in [6.07, 6.45) is 3.28. The maximum Gasteiger partial charge on any atom is 0.310 e. The standard InChI is InChI=1S/C20H19FN4O3/c1-12-10-27-20(18(22)26,28-11-12)19-24-16(13-2-4-15(21)5-3-13)17(25-19)14-6-8-23-9-7-14/h2-9,12H,10-11H2,1H3,(H2,22,26)(H,24,25). The van der Waals surface area contributed by atoms with Crippen LogP contribution in [-0.4, -0.2) is 34.1 Å². The molecule has 3 heterocycles. The number of amides is 1. The fourth-order valence-electron chi connectivity index (χ4n) is 3.08. The Morgan fingerprint density at radius 1 is 1.14 bits per heavy atom. The van der Waals surface area contributed by atoms with E-state index in [-0.39, 0.29) is 17.6 Å². The predicted molar refractivity (Wildman–Crippen MR) is 99.2 cm³/mol. The Bertz CT molecular complexity index is 980. The molecule has 28 heavy (non-hydrogen) atoms. The van der Waals surface area contributed by atoms with Crippen LogP contribution in [0, 0.1) is 11.7 Å². The van der Waals surface area contributed by atoms with Gasteiger partial charge in [0.2, 0.25) is 0 Å². The number of carbonyl (C=O) groups is 1. The van der Waals surface area contributed by atoms with Crippen LogP contribution < -0.4 is 5.73 Å². The topological polar surface area (TPSA) is 103 Å². The molecule has 0 aliphatic carbocycles. The molecule has 1 saturated heterocycles. The molecule has 0 bridgehead atoms. The van der Waals surface area contributed by atoms with E-state index in [2.05, 4.69) is 15.0 Å². The third-order valence-corrected chi connectivity index (χ3v) is 4.57. The van der Waals surface area contributed by atoms with Crippen LogP contribution >= 0.6 is 0 Å². The number of halogens is 1. The minimum Gasteiger partial charge on any atom is -0.365 e. The highest BCUT2D eigenvalue weighted by Crippen LogP contribution is 2.36. The summed E-state index contributed by atoms with van der Waals surface area (Å²) in [5, 5.41) is 0. The molecule has 1 aliphatic heterocycles. The third kappa shape index (κ3) is 3.17. The number of H-pyrrole nitrogens is 1. The minimum absolute atomic E-state index is 0.124. The second-order valence-electron chi connectivity index (χ2n) is 6.76. The zero-order valence-electron chi connectivity index (χ0n) is 15.2. The van der Waals surface area contributed by atoms with Crippen molar-refractivity contribution in [1.29, 1.82) is 0 Å². The number of hydrogen-bond acceptors (Lipinski definition) is 5. The smallest absolute Gasteiger partial charge is 0.310 e. The van der Waals surface area contributed by atoms with E-state index >= 15 is 0 Å². The van der Waals surface area contributed by atoms with Crippen molar-refractivity contribution < 1.29 is 18.7 Å². The molecule has 3 aromatic rings. The first-order chi connectivity index (χ1) is 13.5. The first kappa shape index (κ1) is 18.3. The Kier molecular flexibility index (Phi) is 4.66. The minimum atomic E-state index is -1.80. The molecular formula is C20H19FN4O3. The van der Waals surface area contributed by atoms with Crippen LogP contribution in [0.25, 0.3) is 22.5 Å². The molecule has 7 nitrogen and oxygen atoms in total. The highest BCUT2D eigenvalue weighted by molar-refractivity contribution is 5.84. The van der Waals surface area contributed by atoms with E-state index in [0.717, 1.165) is 5.56 Å². The van der Waals surface area contributed by atoms with Gasteiger partial charge < -0.3 is 20.2 Å². The number of nitrogens with zero attached hydrogens (tertiary/aromatic N) is 2. The highest BCUT2D eigenvalue weighted by atomic mass is 19.1. The second kappa shape index (κ2) is 7.14. The quantitative estimate of drug-likeness (QED) is 0.722. The van der Waals surface area contributed by atoms with Crippen LogP contribution in [0.3, 0.4) is 0 Å². The molecular weight excluding hydrogens is 363 g/mol. The van der Waals surface area contributed by atoms with Gasteiger partial charge in [0.25, 0.3) is 5.91 Å². The number of aromatic amines is 1. The lowest BCUT2D eigenvalue weighted by molar-refractivity contribution is -0.275. The molecule has 1 fully saturated rings.